The van der Waals surface area contributed by atoms with Gasteiger partial charge in [-0.2, -0.15) is 13.2 Å². The van der Waals surface area contributed by atoms with Gasteiger partial charge in [0.1, 0.15) is 17.3 Å². The summed E-state index contributed by atoms with van der Waals surface area (Å²) in [6.45, 7) is 0.785. The number of alkyl halides is 3. The van der Waals surface area contributed by atoms with Crippen molar-refractivity contribution in [1.29, 1.82) is 0 Å². The van der Waals surface area contributed by atoms with Gasteiger partial charge in [-0.05, 0) is 43.7 Å². The van der Waals surface area contributed by atoms with Gasteiger partial charge in [-0.15, -0.1) is 0 Å². The Morgan fingerprint density at radius 3 is 2.71 bits per heavy atom. The first-order valence-corrected chi connectivity index (χ1v) is 9.46. The van der Waals surface area contributed by atoms with Crippen molar-refractivity contribution in [1.82, 2.24) is 25.3 Å². The highest BCUT2D eigenvalue weighted by Crippen LogP contribution is 2.29. The average molecular weight is 433 g/mol. The molecule has 4 rings (SSSR count). The Bertz CT molecular complexity index is 1140. The van der Waals surface area contributed by atoms with Crippen LogP contribution in [0.1, 0.15) is 36.1 Å². The number of carbonyl (C=O) groups excluding carboxylic acids is 2. The van der Waals surface area contributed by atoms with E-state index in [1.54, 1.807) is 18.2 Å². The first-order chi connectivity index (χ1) is 14.7. The lowest BCUT2D eigenvalue weighted by molar-refractivity contribution is -0.141. The summed E-state index contributed by atoms with van der Waals surface area (Å²) in [5.74, 6) is -2.94. The Labute approximate surface area is 173 Å². The van der Waals surface area contributed by atoms with Crippen LogP contribution >= 0.6 is 0 Å². The number of rotatable bonds is 5. The zero-order valence-electron chi connectivity index (χ0n) is 16.0. The maximum atomic E-state index is 13.0. The second kappa shape index (κ2) is 7.95. The molecule has 0 spiro atoms. The zero-order valence-corrected chi connectivity index (χ0v) is 16.0. The van der Waals surface area contributed by atoms with Crippen LogP contribution in [0.4, 0.5) is 18.9 Å². The summed E-state index contributed by atoms with van der Waals surface area (Å²) in [5.41, 5.74) is 5.64. The quantitative estimate of drug-likeness (QED) is 0.483. The number of anilines is 1. The van der Waals surface area contributed by atoms with E-state index in [0.717, 1.165) is 25.6 Å². The van der Waals surface area contributed by atoms with Gasteiger partial charge in [-0.1, -0.05) is 0 Å². The smallest absolute Gasteiger partial charge is 0.369 e. The molecule has 2 unspecified atom stereocenters. The molecule has 0 bridgehead atoms. The van der Waals surface area contributed by atoms with Crippen LogP contribution in [-0.4, -0.2) is 44.3 Å². The molecule has 2 aromatic heterocycles. The van der Waals surface area contributed by atoms with Crippen LogP contribution in [0, 0.1) is 0 Å². The first-order valence-electron chi connectivity index (χ1n) is 9.46. The van der Waals surface area contributed by atoms with Crippen molar-refractivity contribution in [3.63, 3.8) is 0 Å². The van der Waals surface area contributed by atoms with Gasteiger partial charge < -0.3 is 21.4 Å². The minimum Gasteiger partial charge on any atom is -0.369 e. The predicted molar refractivity (Wildman–Crippen MR) is 104 cm³/mol. The number of hydrogen-bond acceptors (Lipinski definition) is 6. The fourth-order valence-electron chi connectivity index (χ4n) is 3.44. The van der Waals surface area contributed by atoms with Gasteiger partial charge >= 0.3 is 6.18 Å². The fraction of sp³-hybridized carbons (Fsp3) is 0.316. The summed E-state index contributed by atoms with van der Waals surface area (Å²) < 4.78 is 39.0. The molecule has 1 aromatic carbocycles. The number of hydrogen-bond donors (Lipinski definition) is 4. The Morgan fingerprint density at radius 1 is 1.23 bits per heavy atom. The van der Waals surface area contributed by atoms with Crippen LogP contribution in [0.2, 0.25) is 0 Å². The van der Waals surface area contributed by atoms with Crippen molar-refractivity contribution in [3.05, 3.63) is 47.8 Å². The topological polar surface area (TPSA) is 139 Å². The molecule has 9 nitrogen and oxygen atoms in total. The Balaban J connectivity index is 1.64. The number of benzene rings is 1. The summed E-state index contributed by atoms with van der Waals surface area (Å²) in [4.78, 5) is 38.7. The summed E-state index contributed by atoms with van der Waals surface area (Å²) in [7, 11) is 0. The normalized spacial score (nSPS) is 17.6. The molecule has 1 saturated heterocycles. The van der Waals surface area contributed by atoms with E-state index in [4.69, 9.17) is 5.73 Å². The maximum absolute atomic E-state index is 13.0. The summed E-state index contributed by atoms with van der Waals surface area (Å²) in [5, 5.41) is 5.90. The summed E-state index contributed by atoms with van der Waals surface area (Å²) >= 11 is 0. The number of halogens is 3. The molecule has 1 aliphatic heterocycles. The monoisotopic (exact) mass is 433 g/mol. The molecule has 2 atom stereocenters. The number of nitrogens with one attached hydrogen (secondary N) is 3. The van der Waals surface area contributed by atoms with E-state index >= 15 is 0 Å². The molecule has 162 valence electrons. The lowest BCUT2D eigenvalue weighted by Gasteiger charge is -2.11. The maximum Gasteiger partial charge on any atom is 0.433 e. The van der Waals surface area contributed by atoms with E-state index in [2.05, 4.69) is 30.6 Å². The van der Waals surface area contributed by atoms with E-state index < -0.39 is 29.5 Å². The van der Waals surface area contributed by atoms with Crippen LogP contribution in [0.3, 0.4) is 0 Å². The highest BCUT2D eigenvalue weighted by molar-refractivity contribution is 5.96. The third-order valence-electron chi connectivity index (χ3n) is 4.93. The van der Waals surface area contributed by atoms with Crippen molar-refractivity contribution in [2.45, 2.75) is 31.0 Å². The Kier molecular flexibility index (Phi) is 5.31. The SMILES string of the molecule is NC(=O)C(c1nccc(C(F)(F)F)n1)c1nc2ccc(NC(=O)C3CCCN3)cc2[nH]1. The van der Waals surface area contributed by atoms with Gasteiger partial charge in [-0.3, -0.25) is 9.59 Å². The molecule has 0 aliphatic carbocycles. The Morgan fingerprint density at radius 2 is 2.03 bits per heavy atom. The highest BCUT2D eigenvalue weighted by atomic mass is 19.4. The number of carbonyl (C=O) groups is 2. The molecule has 1 fully saturated rings. The number of nitrogens with two attached hydrogens (primary N) is 1. The highest BCUT2D eigenvalue weighted by Gasteiger charge is 2.35. The predicted octanol–water partition coefficient (Wildman–Crippen LogP) is 1.68. The Hall–Kier alpha value is -3.54. The molecule has 0 saturated carbocycles. The van der Waals surface area contributed by atoms with Gasteiger partial charge in [0.2, 0.25) is 11.8 Å². The second-order valence-corrected chi connectivity index (χ2v) is 7.13. The lowest BCUT2D eigenvalue weighted by Crippen LogP contribution is -2.35. The molecule has 0 radical (unpaired) electrons. The standard InChI is InChI=1S/C19H18F3N7O2/c20-19(21,22)13-5-7-25-16(29-13)14(15(23)30)17-27-10-4-3-9(8-12(10)28-17)26-18(31)11-2-1-6-24-11/h3-5,7-8,11,14,24H,1-2,6H2,(H2,23,30)(H,26,31)(H,27,28). The van der Waals surface area contributed by atoms with Crippen molar-refractivity contribution >= 4 is 28.5 Å². The van der Waals surface area contributed by atoms with E-state index in [1.165, 1.54) is 0 Å². The number of primary amides is 1. The largest absolute Gasteiger partial charge is 0.433 e. The number of amides is 2. The lowest BCUT2D eigenvalue weighted by atomic mass is 10.1. The van der Waals surface area contributed by atoms with Crippen LogP contribution in [0.25, 0.3) is 11.0 Å². The number of imidazole rings is 1. The third-order valence-corrected chi connectivity index (χ3v) is 4.93. The van der Waals surface area contributed by atoms with Gasteiger partial charge in [0.25, 0.3) is 0 Å². The number of nitrogens with zero attached hydrogens (tertiary/aromatic N) is 3. The molecule has 12 heteroatoms. The molecular weight excluding hydrogens is 415 g/mol. The van der Waals surface area contributed by atoms with E-state index in [9.17, 15) is 22.8 Å². The molecule has 5 N–H and O–H groups in total. The average Bonchev–Trinajstić information content (AvgIpc) is 3.37. The molecule has 3 aromatic rings. The number of fused-ring (bicyclic) bond motifs is 1. The van der Waals surface area contributed by atoms with E-state index in [-0.39, 0.29) is 17.8 Å². The molecular formula is C19H18F3N7O2. The minimum absolute atomic E-state index is 0.00256. The molecule has 31 heavy (non-hydrogen) atoms. The van der Waals surface area contributed by atoms with Gasteiger partial charge in [0, 0.05) is 11.9 Å². The van der Waals surface area contributed by atoms with Crippen molar-refractivity contribution in [2.24, 2.45) is 5.73 Å². The third kappa shape index (κ3) is 4.33. The van der Waals surface area contributed by atoms with Crippen LogP contribution in [0.5, 0.6) is 0 Å². The zero-order chi connectivity index (χ0) is 22.2. The fourth-order valence-corrected chi connectivity index (χ4v) is 3.44. The van der Waals surface area contributed by atoms with Crippen LogP contribution in [0.15, 0.2) is 30.5 Å². The summed E-state index contributed by atoms with van der Waals surface area (Å²) in [6, 6.07) is 5.31. The van der Waals surface area contributed by atoms with Crippen molar-refractivity contribution < 1.29 is 22.8 Å². The van der Waals surface area contributed by atoms with Crippen LogP contribution < -0.4 is 16.4 Å². The number of H-pyrrole nitrogens is 1. The van der Waals surface area contributed by atoms with Crippen LogP contribution in [-0.2, 0) is 15.8 Å². The molecule has 3 heterocycles. The molecule has 2 amide bonds. The number of aromatic amines is 1. The van der Waals surface area contributed by atoms with E-state index in [1.807, 2.05) is 0 Å². The first kappa shape index (κ1) is 20.7. The number of aromatic nitrogens is 4. The van der Waals surface area contributed by atoms with Crippen molar-refractivity contribution in [3.8, 4) is 0 Å². The molecule has 1 aliphatic rings. The second-order valence-electron chi connectivity index (χ2n) is 7.13. The van der Waals surface area contributed by atoms with Gasteiger partial charge in [0.05, 0.1) is 17.1 Å². The van der Waals surface area contributed by atoms with E-state index in [0.29, 0.717) is 22.8 Å². The van der Waals surface area contributed by atoms with Crippen molar-refractivity contribution in [2.75, 3.05) is 11.9 Å². The van der Waals surface area contributed by atoms with Gasteiger partial charge in [-0.25, -0.2) is 15.0 Å². The minimum atomic E-state index is -4.70. The summed E-state index contributed by atoms with van der Waals surface area (Å²) in [6.07, 6.45) is -2.11. The van der Waals surface area contributed by atoms with Gasteiger partial charge in [0.15, 0.2) is 5.92 Å².